The van der Waals surface area contributed by atoms with Gasteiger partial charge in [-0.25, -0.2) is 4.79 Å². The SMILES string of the molecule is CCOC(=O)/C=C1\SCC(=O)N1CC(=O)N[C@@H](C)c1ccc(CC)cc1. The molecule has 140 valence electrons. The molecule has 1 aromatic rings. The molecule has 0 aliphatic carbocycles. The molecule has 2 amide bonds. The summed E-state index contributed by atoms with van der Waals surface area (Å²) in [6.45, 7) is 5.84. The molecule has 0 unspecified atom stereocenters. The van der Waals surface area contributed by atoms with E-state index in [1.807, 2.05) is 31.2 Å². The molecule has 0 bridgehead atoms. The molecule has 1 aliphatic heterocycles. The standard InChI is InChI=1S/C19H24N2O4S/c1-4-14-6-8-15(9-7-14)13(3)20-16(22)11-21-17(23)12-26-18(21)10-19(24)25-5-2/h6-10,13H,4-5,11-12H2,1-3H3,(H,20,22)/b18-10-/t13-/m0/s1. The Balaban J connectivity index is 1.98. The quantitative estimate of drug-likeness (QED) is 0.584. The van der Waals surface area contributed by atoms with Gasteiger partial charge in [-0.15, -0.1) is 0 Å². The van der Waals surface area contributed by atoms with Crippen molar-refractivity contribution in [3.63, 3.8) is 0 Å². The Hall–Kier alpha value is -2.28. The number of thioether (sulfide) groups is 1. The van der Waals surface area contributed by atoms with Crippen LogP contribution in [0, 0.1) is 0 Å². The van der Waals surface area contributed by atoms with Crippen molar-refractivity contribution in [3.05, 3.63) is 46.5 Å². The van der Waals surface area contributed by atoms with E-state index in [1.54, 1.807) is 6.92 Å². The molecule has 1 fully saturated rings. The number of carbonyl (C=O) groups is 3. The number of esters is 1. The Morgan fingerprint density at radius 3 is 2.62 bits per heavy atom. The number of hydrogen-bond acceptors (Lipinski definition) is 5. The van der Waals surface area contributed by atoms with Crippen molar-refractivity contribution in [3.8, 4) is 0 Å². The van der Waals surface area contributed by atoms with Crippen LogP contribution in [0.25, 0.3) is 0 Å². The van der Waals surface area contributed by atoms with Crippen LogP contribution >= 0.6 is 11.8 Å². The molecule has 1 atom stereocenters. The van der Waals surface area contributed by atoms with Crippen molar-refractivity contribution in [2.75, 3.05) is 18.9 Å². The van der Waals surface area contributed by atoms with E-state index < -0.39 is 5.97 Å². The highest BCUT2D eigenvalue weighted by atomic mass is 32.2. The zero-order valence-electron chi connectivity index (χ0n) is 15.3. The summed E-state index contributed by atoms with van der Waals surface area (Å²) in [6.07, 6.45) is 2.23. The maximum absolute atomic E-state index is 12.4. The van der Waals surface area contributed by atoms with Crippen LogP contribution in [0.15, 0.2) is 35.4 Å². The minimum absolute atomic E-state index is 0.117. The Bertz CT molecular complexity index is 700. The highest BCUT2D eigenvalue weighted by Gasteiger charge is 2.29. The average molecular weight is 376 g/mol. The zero-order valence-corrected chi connectivity index (χ0v) is 16.1. The number of amides is 2. The van der Waals surface area contributed by atoms with Crippen LogP contribution in [-0.2, 0) is 25.5 Å². The molecule has 2 rings (SSSR count). The van der Waals surface area contributed by atoms with E-state index in [4.69, 9.17) is 4.74 Å². The molecule has 1 aliphatic rings. The lowest BCUT2D eigenvalue weighted by Gasteiger charge is -2.19. The topological polar surface area (TPSA) is 75.7 Å². The Kier molecular flexibility index (Phi) is 7.26. The van der Waals surface area contributed by atoms with Gasteiger partial charge in [-0.2, -0.15) is 0 Å². The minimum Gasteiger partial charge on any atom is -0.463 e. The molecule has 7 heteroatoms. The largest absolute Gasteiger partial charge is 0.463 e. The molecule has 1 heterocycles. The van der Waals surface area contributed by atoms with Gasteiger partial charge in [0.1, 0.15) is 6.54 Å². The highest BCUT2D eigenvalue weighted by Crippen LogP contribution is 2.28. The zero-order chi connectivity index (χ0) is 19.1. The molecular formula is C19H24N2O4S. The summed E-state index contributed by atoms with van der Waals surface area (Å²) in [5, 5.41) is 3.34. The van der Waals surface area contributed by atoms with Gasteiger partial charge in [-0.1, -0.05) is 43.0 Å². The van der Waals surface area contributed by atoms with Crippen LogP contribution in [0.2, 0.25) is 0 Å². The lowest BCUT2D eigenvalue weighted by Crippen LogP contribution is -2.38. The number of ether oxygens (including phenoxy) is 1. The molecule has 0 aromatic heterocycles. The second-order valence-electron chi connectivity index (χ2n) is 5.89. The first-order valence-corrected chi connectivity index (χ1v) is 9.63. The van der Waals surface area contributed by atoms with Crippen molar-refractivity contribution in [1.82, 2.24) is 10.2 Å². The monoisotopic (exact) mass is 376 g/mol. The minimum atomic E-state index is -0.514. The third-order valence-electron chi connectivity index (χ3n) is 4.01. The predicted molar refractivity (Wildman–Crippen MR) is 101 cm³/mol. The fraction of sp³-hybridized carbons (Fsp3) is 0.421. The van der Waals surface area contributed by atoms with Gasteiger partial charge in [0.2, 0.25) is 11.8 Å². The lowest BCUT2D eigenvalue weighted by molar-refractivity contribution is -0.137. The summed E-state index contributed by atoms with van der Waals surface area (Å²) in [5.41, 5.74) is 2.24. The smallest absolute Gasteiger partial charge is 0.333 e. The maximum atomic E-state index is 12.4. The number of hydrogen-bond donors (Lipinski definition) is 1. The van der Waals surface area contributed by atoms with Crippen molar-refractivity contribution < 1.29 is 19.1 Å². The van der Waals surface area contributed by atoms with Crippen LogP contribution in [0.3, 0.4) is 0 Å². The fourth-order valence-electron chi connectivity index (χ4n) is 2.54. The first kappa shape index (κ1) is 20.0. The van der Waals surface area contributed by atoms with E-state index in [9.17, 15) is 14.4 Å². The molecule has 0 saturated carbocycles. The van der Waals surface area contributed by atoms with E-state index in [0.29, 0.717) is 5.03 Å². The van der Waals surface area contributed by atoms with Crippen molar-refractivity contribution in [1.29, 1.82) is 0 Å². The number of rotatable bonds is 7. The maximum Gasteiger partial charge on any atom is 0.333 e. The molecule has 1 N–H and O–H groups in total. The second-order valence-corrected chi connectivity index (χ2v) is 6.88. The van der Waals surface area contributed by atoms with Gasteiger partial charge in [-0.05, 0) is 31.4 Å². The molecule has 0 radical (unpaired) electrons. The summed E-state index contributed by atoms with van der Waals surface area (Å²) < 4.78 is 4.87. The molecular weight excluding hydrogens is 352 g/mol. The van der Waals surface area contributed by atoms with Gasteiger partial charge in [0.05, 0.1) is 29.5 Å². The van der Waals surface area contributed by atoms with Gasteiger partial charge in [0.25, 0.3) is 0 Å². The third-order valence-corrected chi connectivity index (χ3v) is 5.03. The van der Waals surface area contributed by atoms with Crippen molar-refractivity contribution in [2.45, 2.75) is 33.2 Å². The van der Waals surface area contributed by atoms with Crippen LogP contribution < -0.4 is 5.32 Å². The van der Waals surface area contributed by atoms with E-state index in [-0.39, 0.29) is 36.8 Å². The Labute approximate surface area is 158 Å². The summed E-state index contributed by atoms with van der Waals surface area (Å²) in [5.74, 6) is -0.769. The summed E-state index contributed by atoms with van der Waals surface area (Å²) >= 11 is 1.23. The van der Waals surface area contributed by atoms with Crippen molar-refractivity contribution >= 4 is 29.5 Å². The van der Waals surface area contributed by atoms with Crippen molar-refractivity contribution in [2.24, 2.45) is 0 Å². The number of nitrogens with one attached hydrogen (secondary N) is 1. The molecule has 1 saturated heterocycles. The number of aryl methyl sites for hydroxylation is 1. The molecule has 6 nitrogen and oxygen atoms in total. The summed E-state index contributed by atoms with van der Waals surface area (Å²) in [7, 11) is 0. The number of carbonyl (C=O) groups excluding carboxylic acids is 3. The van der Waals surface area contributed by atoms with Crippen LogP contribution in [-0.4, -0.2) is 41.6 Å². The van der Waals surface area contributed by atoms with Gasteiger partial charge in [0.15, 0.2) is 0 Å². The lowest BCUT2D eigenvalue weighted by atomic mass is 10.1. The number of benzene rings is 1. The first-order chi connectivity index (χ1) is 12.4. The highest BCUT2D eigenvalue weighted by molar-refractivity contribution is 8.04. The first-order valence-electron chi connectivity index (χ1n) is 8.64. The van der Waals surface area contributed by atoms with E-state index in [0.717, 1.165) is 12.0 Å². The van der Waals surface area contributed by atoms with E-state index >= 15 is 0 Å². The second kappa shape index (κ2) is 9.43. The van der Waals surface area contributed by atoms with Crippen LogP contribution in [0.5, 0.6) is 0 Å². The number of nitrogens with zero attached hydrogens (tertiary/aromatic N) is 1. The molecule has 0 spiro atoms. The van der Waals surface area contributed by atoms with Crippen LogP contribution in [0.4, 0.5) is 0 Å². The summed E-state index contributed by atoms with van der Waals surface area (Å²) in [6, 6.07) is 7.90. The molecule has 26 heavy (non-hydrogen) atoms. The van der Waals surface area contributed by atoms with Crippen LogP contribution in [0.1, 0.15) is 37.9 Å². The van der Waals surface area contributed by atoms with E-state index in [1.165, 1.54) is 28.3 Å². The Morgan fingerprint density at radius 2 is 2.00 bits per heavy atom. The van der Waals surface area contributed by atoms with E-state index in [2.05, 4.69) is 12.2 Å². The summed E-state index contributed by atoms with van der Waals surface area (Å²) in [4.78, 5) is 37.3. The predicted octanol–water partition coefficient (Wildman–Crippen LogP) is 2.41. The van der Waals surface area contributed by atoms with Gasteiger partial charge in [0, 0.05) is 0 Å². The van der Waals surface area contributed by atoms with Gasteiger partial charge in [-0.3, -0.25) is 14.5 Å². The normalized spacial score (nSPS) is 16.7. The molecule has 1 aromatic carbocycles. The van der Waals surface area contributed by atoms with Gasteiger partial charge < -0.3 is 10.1 Å². The fourth-order valence-corrected chi connectivity index (χ4v) is 3.47. The van der Waals surface area contributed by atoms with Gasteiger partial charge >= 0.3 is 5.97 Å². The Morgan fingerprint density at radius 1 is 1.31 bits per heavy atom. The third kappa shape index (κ3) is 5.36. The average Bonchev–Trinajstić information content (AvgIpc) is 2.95.